The van der Waals surface area contributed by atoms with Crippen molar-refractivity contribution in [3.63, 3.8) is 0 Å². The van der Waals surface area contributed by atoms with Crippen molar-refractivity contribution in [3.8, 4) is 5.75 Å². The molecular formula is C22H29N3O2. The molecule has 0 radical (unpaired) electrons. The average Bonchev–Trinajstić information content (AvgIpc) is 2.87. The molecule has 1 aliphatic heterocycles. The van der Waals surface area contributed by atoms with Gasteiger partial charge in [-0.05, 0) is 31.3 Å². The van der Waals surface area contributed by atoms with Gasteiger partial charge >= 0.3 is 0 Å². The van der Waals surface area contributed by atoms with Crippen LogP contribution >= 0.6 is 0 Å². The molecule has 0 aromatic heterocycles. The van der Waals surface area contributed by atoms with Gasteiger partial charge in [-0.25, -0.2) is 0 Å². The number of rotatable bonds is 7. The van der Waals surface area contributed by atoms with E-state index >= 15 is 0 Å². The number of hydrogen-bond donors (Lipinski definition) is 1. The van der Waals surface area contributed by atoms with Crippen LogP contribution in [0.3, 0.4) is 0 Å². The first-order chi connectivity index (χ1) is 13.2. The summed E-state index contributed by atoms with van der Waals surface area (Å²) >= 11 is 0. The first-order valence-electron chi connectivity index (χ1n) is 9.63. The zero-order chi connectivity index (χ0) is 19.1. The number of nitrogens with zero attached hydrogens (tertiary/aromatic N) is 2. The average molecular weight is 367 g/mol. The summed E-state index contributed by atoms with van der Waals surface area (Å²) in [4.78, 5) is 16.1. The van der Waals surface area contributed by atoms with Crippen LogP contribution in [-0.2, 0) is 4.79 Å². The number of anilines is 1. The summed E-state index contributed by atoms with van der Waals surface area (Å²) in [5.41, 5.74) is 2.24. The van der Waals surface area contributed by atoms with Gasteiger partial charge in [0.2, 0.25) is 5.91 Å². The lowest BCUT2D eigenvalue weighted by Crippen LogP contribution is -2.30. The van der Waals surface area contributed by atoms with E-state index < -0.39 is 0 Å². The zero-order valence-electron chi connectivity index (χ0n) is 16.2. The predicted molar refractivity (Wildman–Crippen MR) is 109 cm³/mol. The van der Waals surface area contributed by atoms with Gasteiger partial charge in [0.25, 0.3) is 0 Å². The van der Waals surface area contributed by atoms with Crippen molar-refractivity contribution in [1.82, 2.24) is 10.2 Å². The van der Waals surface area contributed by atoms with Crippen LogP contribution < -0.4 is 15.0 Å². The first-order valence-corrected chi connectivity index (χ1v) is 9.63. The Morgan fingerprint density at radius 1 is 1.04 bits per heavy atom. The van der Waals surface area contributed by atoms with E-state index in [1.165, 1.54) is 5.56 Å². The number of benzene rings is 2. The molecular weight excluding hydrogens is 338 g/mol. The molecule has 0 spiro atoms. The van der Waals surface area contributed by atoms with E-state index in [4.69, 9.17) is 4.74 Å². The molecule has 144 valence electrons. The molecule has 1 heterocycles. The molecule has 1 amide bonds. The summed E-state index contributed by atoms with van der Waals surface area (Å²) in [6, 6.07) is 18.5. The van der Waals surface area contributed by atoms with E-state index in [2.05, 4.69) is 28.4 Å². The van der Waals surface area contributed by atoms with Gasteiger partial charge in [-0.15, -0.1) is 0 Å². The Labute approximate surface area is 161 Å². The maximum absolute atomic E-state index is 12.0. The Hall–Kier alpha value is -2.53. The molecule has 2 aromatic carbocycles. The summed E-state index contributed by atoms with van der Waals surface area (Å²) in [6.07, 6.45) is 1.40. The fraction of sp³-hybridized carbons (Fsp3) is 0.409. The van der Waals surface area contributed by atoms with Crippen LogP contribution in [0.2, 0.25) is 0 Å². The maximum Gasteiger partial charge on any atom is 0.224 e. The number of nitrogens with one attached hydrogen (secondary N) is 1. The second-order valence-corrected chi connectivity index (χ2v) is 6.93. The van der Waals surface area contributed by atoms with Crippen LogP contribution in [0.4, 0.5) is 5.69 Å². The highest BCUT2D eigenvalue weighted by molar-refractivity contribution is 5.77. The molecule has 3 rings (SSSR count). The number of carbonyl (C=O) groups excluding carboxylic acids is 1. The summed E-state index contributed by atoms with van der Waals surface area (Å²) < 4.78 is 6.50. The van der Waals surface area contributed by atoms with Crippen LogP contribution in [-0.4, -0.2) is 51.1 Å². The minimum Gasteiger partial charge on any atom is -0.484 e. The quantitative estimate of drug-likeness (QED) is 0.817. The molecule has 0 saturated carbocycles. The third-order valence-corrected chi connectivity index (χ3v) is 5.03. The fourth-order valence-electron chi connectivity index (χ4n) is 3.38. The lowest BCUT2D eigenvalue weighted by molar-refractivity contribution is -0.129. The van der Waals surface area contributed by atoms with E-state index in [1.807, 2.05) is 55.4 Å². The Kier molecular flexibility index (Phi) is 6.71. The lowest BCUT2D eigenvalue weighted by Gasteiger charge is -2.27. The molecule has 1 saturated heterocycles. The van der Waals surface area contributed by atoms with Gasteiger partial charge in [0.05, 0.1) is 5.69 Å². The molecule has 5 heteroatoms. The van der Waals surface area contributed by atoms with Crippen LogP contribution in [0.25, 0.3) is 0 Å². The Bertz CT molecular complexity index is 735. The Morgan fingerprint density at radius 3 is 2.56 bits per heavy atom. The standard InChI is InChI=1S/C22H29N3O2/c1-23-14-12-20(18-8-4-3-5-9-18)27-21-11-7-6-10-19(21)25-15-13-22(26)24(2)16-17-25/h3-11,20,23H,12-17H2,1-2H3. The number of likely N-dealkylation sites (N-methyl/N-ethyl adjacent to an activating group) is 1. The molecule has 0 bridgehead atoms. The fourth-order valence-corrected chi connectivity index (χ4v) is 3.38. The highest BCUT2D eigenvalue weighted by atomic mass is 16.5. The monoisotopic (exact) mass is 367 g/mol. The smallest absolute Gasteiger partial charge is 0.224 e. The normalized spacial score (nSPS) is 16.1. The van der Waals surface area contributed by atoms with Gasteiger partial charge in [-0.3, -0.25) is 4.79 Å². The third kappa shape index (κ3) is 5.01. The van der Waals surface area contributed by atoms with Gasteiger partial charge in [-0.1, -0.05) is 42.5 Å². The number of ether oxygens (including phenoxy) is 1. The van der Waals surface area contributed by atoms with E-state index in [0.717, 1.165) is 44.0 Å². The van der Waals surface area contributed by atoms with Gasteiger partial charge in [0, 0.05) is 39.5 Å². The van der Waals surface area contributed by atoms with Crippen LogP contribution in [0.1, 0.15) is 24.5 Å². The second kappa shape index (κ2) is 9.42. The minimum absolute atomic E-state index is 0.0175. The number of hydrogen-bond acceptors (Lipinski definition) is 4. The van der Waals surface area contributed by atoms with E-state index in [0.29, 0.717) is 6.42 Å². The van der Waals surface area contributed by atoms with Crippen molar-refractivity contribution in [2.45, 2.75) is 18.9 Å². The number of para-hydroxylation sites is 2. The lowest BCUT2D eigenvalue weighted by atomic mass is 10.1. The summed E-state index contributed by atoms with van der Waals surface area (Å²) in [5.74, 6) is 1.08. The van der Waals surface area contributed by atoms with Crippen LogP contribution in [0, 0.1) is 0 Å². The zero-order valence-corrected chi connectivity index (χ0v) is 16.2. The number of amides is 1. The van der Waals surface area contributed by atoms with Crippen molar-refractivity contribution in [2.75, 3.05) is 45.2 Å². The summed E-state index contributed by atoms with van der Waals surface area (Å²) in [6.45, 7) is 3.14. The Balaban J connectivity index is 1.82. The first kappa shape index (κ1) is 19.2. The van der Waals surface area contributed by atoms with E-state index in [-0.39, 0.29) is 12.0 Å². The summed E-state index contributed by atoms with van der Waals surface area (Å²) in [5, 5.41) is 3.22. The molecule has 27 heavy (non-hydrogen) atoms. The SMILES string of the molecule is CNCCC(Oc1ccccc1N1CCC(=O)N(C)CC1)c1ccccc1. The van der Waals surface area contributed by atoms with Crippen molar-refractivity contribution >= 4 is 11.6 Å². The molecule has 1 atom stereocenters. The van der Waals surface area contributed by atoms with Crippen molar-refractivity contribution in [2.24, 2.45) is 0 Å². The summed E-state index contributed by atoms with van der Waals surface area (Å²) in [7, 11) is 3.83. The van der Waals surface area contributed by atoms with E-state index in [1.54, 1.807) is 0 Å². The van der Waals surface area contributed by atoms with Gasteiger partial charge in [0.15, 0.2) is 0 Å². The molecule has 0 aliphatic carbocycles. The van der Waals surface area contributed by atoms with Crippen molar-refractivity contribution in [3.05, 3.63) is 60.2 Å². The molecule has 1 fully saturated rings. The van der Waals surface area contributed by atoms with Crippen molar-refractivity contribution in [1.29, 1.82) is 0 Å². The molecule has 1 unspecified atom stereocenters. The van der Waals surface area contributed by atoms with Crippen LogP contribution in [0.15, 0.2) is 54.6 Å². The highest BCUT2D eigenvalue weighted by Crippen LogP contribution is 2.33. The maximum atomic E-state index is 12.0. The van der Waals surface area contributed by atoms with E-state index in [9.17, 15) is 4.79 Å². The molecule has 5 nitrogen and oxygen atoms in total. The third-order valence-electron chi connectivity index (χ3n) is 5.03. The molecule has 1 N–H and O–H groups in total. The highest BCUT2D eigenvalue weighted by Gasteiger charge is 2.22. The Morgan fingerprint density at radius 2 is 1.78 bits per heavy atom. The molecule has 1 aliphatic rings. The van der Waals surface area contributed by atoms with Crippen LogP contribution in [0.5, 0.6) is 5.75 Å². The largest absolute Gasteiger partial charge is 0.484 e. The number of carbonyl (C=O) groups is 1. The molecule has 2 aromatic rings. The topological polar surface area (TPSA) is 44.8 Å². The van der Waals surface area contributed by atoms with Gasteiger partial charge in [-0.2, -0.15) is 0 Å². The minimum atomic E-state index is -0.0175. The van der Waals surface area contributed by atoms with Gasteiger partial charge in [0.1, 0.15) is 11.9 Å². The predicted octanol–water partition coefficient (Wildman–Crippen LogP) is 3.08. The van der Waals surface area contributed by atoms with Gasteiger partial charge < -0.3 is 19.9 Å². The second-order valence-electron chi connectivity index (χ2n) is 6.93. The van der Waals surface area contributed by atoms with Crippen molar-refractivity contribution < 1.29 is 9.53 Å².